The lowest BCUT2D eigenvalue weighted by Gasteiger charge is -2.50. The maximum absolute atomic E-state index is 13.3. The second-order valence-corrected chi connectivity index (χ2v) is 30.4. The number of urea groups is 1. The number of benzene rings is 4. The van der Waals surface area contributed by atoms with Crippen molar-refractivity contribution in [2.45, 2.75) is 193 Å². The summed E-state index contributed by atoms with van der Waals surface area (Å²) in [6, 6.07) is 22.9. The zero-order valence-corrected chi connectivity index (χ0v) is 56.2. The number of sulfonamides is 1. The Morgan fingerprint density at radius 3 is 1.41 bits per heavy atom. The number of hydrogen-bond acceptors (Lipinski definition) is 14. The highest BCUT2D eigenvalue weighted by atomic mass is 35.5. The molecule has 0 radical (unpaired) electrons. The fourth-order valence-corrected chi connectivity index (χ4v) is 18.1. The Hall–Kier alpha value is -3.80. The average Bonchev–Trinajstić information content (AvgIpc) is 1.58. The van der Waals surface area contributed by atoms with Gasteiger partial charge in [-0.25, -0.2) is 26.4 Å². The Bertz CT molecular complexity index is 2990. The number of ether oxygens (including phenoxy) is 6. The van der Waals surface area contributed by atoms with Crippen LogP contribution in [0.3, 0.4) is 0 Å². The predicted molar refractivity (Wildman–Crippen MR) is 351 cm³/mol. The first kappa shape index (κ1) is 69.0. The topological polar surface area (TPSA) is 200 Å². The standard InChI is InChI=1S/C67H89Cl4N5O12S2/c68-46-40-59-57(61(70)42-46)44-63(75-48-10-4-11-49(75)13-5-12-48)65(59)87-53-20-24-55(25-21-53)89(79,80)39-9-32-84-36-37-85-33-29-73-67(78)72-28-3-1-2-18-52(77)19-8-31-83-35-38-86-34-30-74-90(81,82)56-26-22-54(23-27-56)88-66-60-41-47(69)43-62(71)58(60)45-64(66)76-50-14-6-15-51(76)17-7-16-50/h20-27,40-43,48-51,63-66,74H,1-19,28-39,44-45H2,(H2,72,73,78)/t48?,49?,50?,51?,63-,64-,65-,66-/m0/s1. The third kappa shape index (κ3) is 18.6. The van der Waals surface area contributed by atoms with E-state index in [0.29, 0.717) is 134 Å². The van der Waals surface area contributed by atoms with Crippen LogP contribution in [0.25, 0.3) is 0 Å². The first-order valence-electron chi connectivity index (χ1n) is 32.7. The van der Waals surface area contributed by atoms with E-state index in [-0.39, 0.29) is 71.4 Å². The van der Waals surface area contributed by atoms with E-state index in [0.717, 1.165) is 54.4 Å². The van der Waals surface area contributed by atoms with Crippen molar-refractivity contribution in [1.82, 2.24) is 25.2 Å². The van der Waals surface area contributed by atoms with Gasteiger partial charge >= 0.3 is 6.03 Å². The van der Waals surface area contributed by atoms with E-state index in [9.17, 15) is 26.4 Å². The first-order valence-corrected chi connectivity index (χ1v) is 37.4. The van der Waals surface area contributed by atoms with Gasteiger partial charge in [-0.15, -0.1) is 0 Å². The second-order valence-electron chi connectivity index (χ2n) is 24.9. The monoisotopic (exact) mass is 1360 g/mol. The molecule has 90 heavy (non-hydrogen) atoms. The van der Waals surface area contributed by atoms with Gasteiger partial charge in [-0.1, -0.05) is 78.5 Å². The summed E-state index contributed by atoms with van der Waals surface area (Å²) in [7, 11) is -7.34. The van der Waals surface area contributed by atoms with Crippen LogP contribution in [0.5, 0.6) is 11.5 Å². The lowest BCUT2D eigenvalue weighted by atomic mass is 9.82. The number of nitrogens with one attached hydrogen (secondary N) is 3. The second kappa shape index (κ2) is 33.5. The molecule has 4 heterocycles. The molecular formula is C67H89Cl4N5O12S2. The number of sulfone groups is 1. The van der Waals surface area contributed by atoms with E-state index in [1.807, 2.05) is 12.1 Å². The number of amides is 2. The summed E-state index contributed by atoms with van der Waals surface area (Å²) in [4.78, 5) is 30.4. The number of halogens is 4. The van der Waals surface area contributed by atoms with E-state index >= 15 is 0 Å². The summed E-state index contributed by atoms with van der Waals surface area (Å²) in [5.41, 5.74) is 4.16. The van der Waals surface area contributed by atoms with Gasteiger partial charge < -0.3 is 39.1 Å². The molecule has 4 atom stereocenters. The van der Waals surface area contributed by atoms with Crippen molar-refractivity contribution in [3.05, 3.63) is 115 Å². The third-order valence-corrected chi connectivity index (χ3v) is 23.2. The number of Topliss-reactive ketones (excluding diaryl/α,β-unsaturated/α-hetero) is 1. The Balaban J connectivity index is 0.502. The van der Waals surface area contributed by atoms with Crippen LogP contribution in [0, 0.1) is 0 Å². The number of ketones is 1. The molecule has 0 spiro atoms. The SMILES string of the molecule is O=C(CCCCCNC(=O)NCCOCCOCCCS(=O)(=O)c1ccc(O[C@H]2c3cc(Cl)cc(Cl)c3C[C@@H]2N2C3CCCC2CCC3)cc1)CCCOCCOCCNS(=O)(=O)c1ccc(O[C@H]2c3cc(Cl)cc(Cl)c3C[C@@H]2N2C3CCCC2CCC3)cc1. The van der Waals surface area contributed by atoms with Gasteiger partial charge in [0.2, 0.25) is 10.0 Å². The van der Waals surface area contributed by atoms with Gasteiger partial charge in [0, 0.05) is 101 Å². The predicted octanol–water partition coefficient (Wildman–Crippen LogP) is 12.6. The molecule has 494 valence electrons. The molecule has 4 bridgehead atoms. The number of hydrogen-bond donors (Lipinski definition) is 3. The zero-order chi connectivity index (χ0) is 63.0. The van der Waals surface area contributed by atoms with Gasteiger partial charge in [-0.05, 0) is 174 Å². The van der Waals surface area contributed by atoms with Gasteiger partial charge in [0.25, 0.3) is 0 Å². The fourth-order valence-electron chi connectivity index (χ4n) is 14.6. The Morgan fingerprint density at radius 2 is 0.911 bits per heavy atom. The normalized spacial score (nSPS) is 23.3. The molecule has 4 aromatic rings. The molecule has 6 aliphatic rings. The summed E-state index contributed by atoms with van der Waals surface area (Å²) in [6.07, 6.45) is 19.7. The Kier molecular flexibility index (Phi) is 25.7. The van der Waals surface area contributed by atoms with Crippen molar-refractivity contribution in [3.8, 4) is 11.5 Å². The number of carbonyl (C=O) groups is 2. The molecule has 4 aromatic carbocycles. The van der Waals surface area contributed by atoms with E-state index in [2.05, 4.69) is 25.2 Å². The highest BCUT2D eigenvalue weighted by Gasteiger charge is 2.48. The fraction of sp³-hybridized carbons (Fsp3) is 0.612. The number of rotatable bonds is 35. The first-order chi connectivity index (χ1) is 43.6. The smallest absolute Gasteiger partial charge is 0.314 e. The molecule has 0 aromatic heterocycles. The van der Waals surface area contributed by atoms with Crippen molar-refractivity contribution < 1.29 is 54.8 Å². The Morgan fingerprint density at radius 1 is 0.478 bits per heavy atom. The van der Waals surface area contributed by atoms with Crippen molar-refractivity contribution in [3.63, 3.8) is 0 Å². The van der Waals surface area contributed by atoms with E-state index < -0.39 is 19.9 Å². The molecule has 3 N–H and O–H groups in total. The van der Waals surface area contributed by atoms with Crippen LogP contribution in [-0.2, 0) is 56.4 Å². The molecule has 23 heteroatoms. The molecule has 4 fully saturated rings. The van der Waals surface area contributed by atoms with Crippen LogP contribution >= 0.6 is 46.4 Å². The summed E-state index contributed by atoms with van der Waals surface area (Å²) < 4.78 is 91.3. The van der Waals surface area contributed by atoms with Crippen LogP contribution in [-0.4, -0.2) is 153 Å². The molecule has 10 rings (SSSR count). The average molecular weight is 1360 g/mol. The molecule has 2 aliphatic carbocycles. The minimum Gasteiger partial charge on any atom is -0.484 e. The summed E-state index contributed by atoms with van der Waals surface area (Å²) in [5, 5.41) is 8.06. The molecular weight excluding hydrogens is 1270 g/mol. The summed E-state index contributed by atoms with van der Waals surface area (Å²) in [5.74, 6) is 1.29. The quantitative estimate of drug-likeness (QED) is 0.0367. The van der Waals surface area contributed by atoms with Crippen molar-refractivity contribution in [1.29, 1.82) is 0 Å². The van der Waals surface area contributed by atoms with Gasteiger partial charge in [-0.3, -0.25) is 14.6 Å². The highest BCUT2D eigenvalue weighted by Crippen LogP contribution is 2.49. The lowest BCUT2D eigenvalue weighted by molar-refractivity contribution is -0.119. The van der Waals surface area contributed by atoms with Crippen LogP contribution in [0.4, 0.5) is 4.79 Å². The van der Waals surface area contributed by atoms with Crippen molar-refractivity contribution in [2.24, 2.45) is 0 Å². The molecule has 4 aliphatic heterocycles. The van der Waals surface area contributed by atoms with Crippen LogP contribution in [0.2, 0.25) is 20.1 Å². The van der Waals surface area contributed by atoms with Gasteiger partial charge in [-0.2, -0.15) is 0 Å². The largest absolute Gasteiger partial charge is 0.484 e. The number of fused-ring (bicyclic) bond motifs is 6. The maximum Gasteiger partial charge on any atom is 0.314 e. The maximum atomic E-state index is 13.3. The van der Waals surface area contributed by atoms with Crippen molar-refractivity contribution in [2.75, 3.05) is 78.2 Å². The summed E-state index contributed by atoms with van der Waals surface area (Å²) >= 11 is 26.5. The van der Waals surface area contributed by atoms with Crippen molar-refractivity contribution >= 4 is 78.1 Å². The van der Waals surface area contributed by atoms with Crippen LogP contribution in [0.1, 0.15) is 156 Å². The summed E-state index contributed by atoms with van der Waals surface area (Å²) in [6.45, 7) is 3.27. The minimum atomic E-state index is -3.79. The molecule has 0 unspecified atom stereocenters. The number of unbranched alkanes of at least 4 members (excludes halogenated alkanes) is 2. The zero-order valence-electron chi connectivity index (χ0n) is 51.5. The van der Waals surface area contributed by atoms with Gasteiger partial charge in [0.05, 0.1) is 67.3 Å². The van der Waals surface area contributed by atoms with E-state index in [4.69, 9.17) is 74.8 Å². The van der Waals surface area contributed by atoms with Gasteiger partial charge in [0.1, 0.15) is 29.5 Å². The molecule has 2 amide bonds. The van der Waals surface area contributed by atoms with Gasteiger partial charge in [0.15, 0.2) is 9.84 Å². The minimum absolute atomic E-state index is 0.0584. The number of nitrogens with zero attached hydrogens (tertiary/aromatic N) is 2. The number of piperidine rings is 4. The molecule has 17 nitrogen and oxygen atoms in total. The lowest BCUT2D eigenvalue weighted by Crippen LogP contribution is -2.56. The van der Waals surface area contributed by atoms with E-state index in [1.54, 1.807) is 60.7 Å². The van der Waals surface area contributed by atoms with Crippen LogP contribution in [0.15, 0.2) is 82.6 Å². The molecule has 4 saturated heterocycles. The van der Waals surface area contributed by atoms with Crippen LogP contribution < -0.4 is 24.8 Å². The third-order valence-electron chi connectivity index (χ3n) is 18.8. The van der Waals surface area contributed by atoms with E-state index in [1.165, 1.54) is 77.0 Å². The number of carbonyl (C=O) groups excluding carboxylic acids is 2. The Labute approximate surface area is 552 Å². The highest BCUT2D eigenvalue weighted by molar-refractivity contribution is 7.91. The molecule has 0 saturated carbocycles.